The highest BCUT2D eigenvalue weighted by atomic mass is 15.1. The molecule has 0 aliphatic heterocycles. The molecule has 0 fully saturated rings. The molecule has 0 bridgehead atoms. The zero-order valence-electron chi connectivity index (χ0n) is 34.5. The van der Waals surface area contributed by atoms with Gasteiger partial charge in [0.1, 0.15) is 0 Å². The minimum atomic E-state index is -0.502. The van der Waals surface area contributed by atoms with E-state index in [0.29, 0.717) is 0 Å². The van der Waals surface area contributed by atoms with Crippen LogP contribution in [0.3, 0.4) is 0 Å². The molecule has 1 aliphatic carbocycles. The molecule has 0 aromatic heterocycles. The van der Waals surface area contributed by atoms with Crippen LogP contribution in [0.25, 0.3) is 33.4 Å². The second kappa shape index (κ2) is 14.5. The van der Waals surface area contributed by atoms with Crippen molar-refractivity contribution in [1.82, 2.24) is 0 Å². The average molecular weight is 750 g/mol. The first-order valence-electron chi connectivity index (χ1n) is 20.6. The predicted octanol–water partition coefficient (Wildman–Crippen LogP) is 15.4. The van der Waals surface area contributed by atoms with Gasteiger partial charge in [-0.15, -0.1) is 0 Å². The Morgan fingerprint density at radius 1 is 0.379 bits per heavy atom. The molecule has 0 amide bonds. The van der Waals surface area contributed by atoms with Gasteiger partial charge in [-0.25, -0.2) is 0 Å². The normalized spacial score (nSPS) is 13.1. The lowest BCUT2D eigenvalue weighted by atomic mass is 9.63. The summed E-state index contributed by atoms with van der Waals surface area (Å²) in [5, 5.41) is 0. The number of benzene rings is 8. The summed E-state index contributed by atoms with van der Waals surface area (Å²) in [5.74, 6) is 0. The highest BCUT2D eigenvalue weighted by molar-refractivity contribution is 5.97. The first-order chi connectivity index (χ1) is 28.0. The fourth-order valence-corrected chi connectivity index (χ4v) is 9.19. The van der Waals surface area contributed by atoms with E-state index in [1.54, 1.807) is 0 Å². The van der Waals surface area contributed by atoms with Crippen molar-refractivity contribution < 1.29 is 0 Å². The summed E-state index contributed by atoms with van der Waals surface area (Å²) in [6, 6.07) is 73.9. The molecule has 284 valence electrons. The molecular formula is C57H51N. The Labute approximate surface area is 345 Å². The number of hydrogen-bond donors (Lipinski definition) is 0. The Morgan fingerprint density at radius 3 is 1.36 bits per heavy atom. The summed E-state index contributed by atoms with van der Waals surface area (Å²) in [4.78, 5) is 2.35. The van der Waals surface area contributed by atoms with E-state index >= 15 is 0 Å². The van der Waals surface area contributed by atoms with Crippen molar-refractivity contribution in [2.45, 2.75) is 57.8 Å². The van der Waals surface area contributed by atoms with Crippen LogP contribution in [0.2, 0.25) is 0 Å². The van der Waals surface area contributed by atoms with Crippen LogP contribution in [-0.4, -0.2) is 0 Å². The van der Waals surface area contributed by atoms with E-state index in [2.05, 4.69) is 247 Å². The van der Waals surface area contributed by atoms with Crippen LogP contribution in [0, 0.1) is 0 Å². The van der Waals surface area contributed by atoms with E-state index in [-0.39, 0.29) is 10.8 Å². The van der Waals surface area contributed by atoms with Crippen molar-refractivity contribution >= 4 is 17.1 Å². The maximum atomic E-state index is 2.52. The summed E-state index contributed by atoms with van der Waals surface area (Å²) in [7, 11) is 0. The summed E-state index contributed by atoms with van der Waals surface area (Å²) in [5.41, 5.74) is 18.3. The van der Waals surface area contributed by atoms with Crippen molar-refractivity contribution in [3.63, 3.8) is 0 Å². The Hall–Kier alpha value is -6.44. The summed E-state index contributed by atoms with van der Waals surface area (Å²) < 4.78 is 0. The largest absolute Gasteiger partial charge is 0.311 e. The van der Waals surface area contributed by atoms with Crippen molar-refractivity contribution in [3.05, 3.63) is 234 Å². The van der Waals surface area contributed by atoms with E-state index in [4.69, 9.17) is 0 Å². The van der Waals surface area contributed by atoms with Crippen LogP contribution in [-0.2, 0) is 16.2 Å². The van der Waals surface area contributed by atoms with Gasteiger partial charge < -0.3 is 4.90 Å². The summed E-state index contributed by atoms with van der Waals surface area (Å²) >= 11 is 0. The monoisotopic (exact) mass is 749 g/mol. The molecule has 58 heavy (non-hydrogen) atoms. The van der Waals surface area contributed by atoms with Gasteiger partial charge in [0.2, 0.25) is 0 Å². The standard InChI is InChI=1S/C57H51N/c1-55(2,3)45-38-50-53-49(28-19-29-51(53)57(43-22-13-8-14-23-43,44-24-15-9-16-25-44)54(50)52(39-45)56(4,5)6)42-32-36-48(37-33-42)58(46-26-17-10-18-27-46)47-34-30-41(31-35-47)40-20-11-7-12-21-40/h7-39H,1-6H3. The third kappa shape index (κ3) is 6.36. The highest BCUT2D eigenvalue weighted by Gasteiger charge is 2.49. The molecule has 0 saturated carbocycles. The average Bonchev–Trinajstić information content (AvgIpc) is 3.56. The van der Waals surface area contributed by atoms with Gasteiger partial charge in [-0.3, -0.25) is 0 Å². The van der Waals surface area contributed by atoms with Crippen LogP contribution >= 0.6 is 0 Å². The van der Waals surface area contributed by atoms with E-state index in [1.807, 2.05) is 0 Å². The molecule has 1 aliphatic rings. The molecule has 1 nitrogen and oxygen atoms in total. The summed E-state index contributed by atoms with van der Waals surface area (Å²) in [6.45, 7) is 14.2. The van der Waals surface area contributed by atoms with Gasteiger partial charge in [0.25, 0.3) is 0 Å². The Morgan fingerprint density at radius 2 is 0.845 bits per heavy atom. The van der Waals surface area contributed by atoms with Gasteiger partial charge in [-0.1, -0.05) is 205 Å². The third-order valence-electron chi connectivity index (χ3n) is 12.0. The van der Waals surface area contributed by atoms with Crippen molar-refractivity contribution in [1.29, 1.82) is 0 Å². The summed E-state index contributed by atoms with van der Waals surface area (Å²) in [6.07, 6.45) is 0. The first-order valence-corrected chi connectivity index (χ1v) is 20.6. The maximum absolute atomic E-state index is 2.52. The second-order valence-electron chi connectivity index (χ2n) is 17.8. The fraction of sp³-hybridized carbons (Fsp3) is 0.158. The molecule has 0 spiro atoms. The van der Waals surface area contributed by atoms with E-state index in [0.717, 1.165) is 17.1 Å². The van der Waals surface area contributed by atoms with Gasteiger partial charge in [0.05, 0.1) is 5.41 Å². The number of rotatable bonds is 7. The number of anilines is 3. The molecule has 8 aromatic carbocycles. The Balaban J connectivity index is 1.26. The number of hydrogen-bond acceptors (Lipinski definition) is 1. The smallest absolute Gasteiger partial charge is 0.0716 e. The second-order valence-corrected chi connectivity index (χ2v) is 17.8. The van der Waals surface area contributed by atoms with Gasteiger partial charge in [0.15, 0.2) is 0 Å². The third-order valence-corrected chi connectivity index (χ3v) is 12.0. The fourth-order valence-electron chi connectivity index (χ4n) is 9.19. The zero-order valence-corrected chi connectivity index (χ0v) is 34.5. The van der Waals surface area contributed by atoms with Crippen LogP contribution in [0.1, 0.15) is 74.9 Å². The SMILES string of the molecule is CC(C)(C)c1cc2c(c(C(C)(C)C)c1)C(c1ccccc1)(c1ccccc1)c1cccc(-c3ccc(N(c4ccccc4)c4ccc(-c5ccccc5)cc4)cc3)c1-2. The van der Waals surface area contributed by atoms with Crippen LogP contribution in [0.15, 0.2) is 200 Å². The van der Waals surface area contributed by atoms with E-state index < -0.39 is 5.41 Å². The molecule has 8 aromatic rings. The highest BCUT2D eigenvalue weighted by Crippen LogP contribution is 2.61. The molecule has 9 rings (SSSR count). The number of fused-ring (bicyclic) bond motifs is 3. The molecule has 0 atom stereocenters. The van der Waals surface area contributed by atoms with Crippen LogP contribution in [0.4, 0.5) is 17.1 Å². The van der Waals surface area contributed by atoms with E-state index in [9.17, 15) is 0 Å². The molecule has 0 unspecified atom stereocenters. The maximum Gasteiger partial charge on any atom is 0.0716 e. The van der Waals surface area contributed by atoms with Gasteiger partial charge in [0, 0.05) is 17.1 Å². The minimum Gasteiger partial charge on any atom is -0.311 e. The van der Waals surface area contributed by atoms with Crippen LogP contribution < -0.4 is 4.90 Å². The Kier molecular flexibility index (Phi) is 9.29. The molecule has 0 radical (unpaired) electrons. The molecule has 0 heterocycles. The molecule has 1 heteroatoms. The molecular weight excluding hydrogens is 699 g/mol. The van der Waals surface area contributed by atoms with Crippen molar-refractivity contribution in [3.8, 4) is 33.4 Å². The molecule has 0 saturated heterocycles. The topological polar surface area (TPSA) is 3.24 Å². The lowest BCUT2D eigenvalue weighted by molar-refractivity contribution is 0.557. The lowest BCUT2D eigenvalue weighted by Gasteiger charge is -2.38. The van der Waals surface area contributed by atoms with Crippen molar-refractivity contribution in [2.24, 2.45) is 0 Å². The number of nitrogens with zero attached hydrogens (tertiary/aromatic N) is 1. The first kappa shape index (κ1) is 37.2. The minimum absolute atomic E-state index is 0.0310. The quantitative estimate of drug-likeness (QED) is 0.157. The van der Waals surface area contributed by atoms with Crippen LogP contribution in [0.5, 0.6) is 0 Å². The lowest BCUT2D eigenvalue weighted by Crippen LogP contribution is -2.32. The van der Waals surface area contributed by atoms with Gasteiger partial charge >= 0.3 is 0 Å². The number of para-hydroxylation sites is 1. The Bertz CT molecular complexity index is 2640. The predicted molar refractivity (Wildman–Crippen MR) is 247 cm³/mol. The van der Waals surface area contributed by atoms with Gasteiger partial charge in [-0.05, 0) is 114 Å². The molecule has 0 N–H and O–H groups in total. The zero-order chi connectivity index (χ0) is 40.1. The van der Waals surface area contributed by atoms with Crippen molar-refractivity contribution in [2.75, 3.05) is 4.90 Å². The van der Waals surface area contributed by atoms with Gasteiger partial charge in [-0.2, -0.15) is 0 Å². The van der Waals surface area contributed by atoms with E-state index in [1.165, 1.54) is 66.8 Å².